The number of rotatable bonds is 3. The van der Waals surface area contributed by atoms with Gasteiger partial charge in [-0.1, -0.05) is 17.8 Å². The molecule has 1 aromatic carbocycles. The van der Waals surface area contributed by atoms with Crippen molar-refractivity contribution >= 4 is 28.8 Å². The molecule has 0 radical (unpaired) electrons. The van der Waals surface area contributed by atoms with Crippen LogP contribution in [0.25, 0.3) is 10.6 Å². The largest absolute Gasteiger partial charge is 0.344 e. The van der Waals surface area contributed by atoms with Crippen LogP contribution in [0, 0.1) is 0 Å². The number of benzene rings is 1. The van der Waals surface area contributed by atoms with Gasteiger partial charge in [0, 0.05) is 17.7 Å². The zero-order chi connectivity index (χ0) is 15.4. The third-order valence-electron chi connectivity index (χ3n) is 3.56. The van der Waals surface area contributed by atoms with Crippen molar-refractivity contribution in [3.8, 4) is 10.6 Å². The first-order valence-electron chi connectivity index (χ1n) is 7.19. The Labute approximate surface area is 132 Å². The number of nitrogens with one attached hydrogen (secondary N) is 2. The molecule has 0 bridgehead atoms. The van der Waals surface area contributed by atoms with E-state index in [0.29, 0.717) is 18.5 Å². The Morgan fingerprint density at radius 1 is 1.27 bits per heavy atom. The summed E-state index contributed by atoms with van der Waals surface area (Å²) >= 11 is 1.46. The third kappa shape index (κ3) is 3.48. The third-order valence-corrected chi connectivity index (χ3v) is 4.30. The summed E-state index contributed by atoms with van der Waals surface area (Å²) in [5.41, 5.74) is 3.35. The number of anilines is 1. The molecule has 0 unspecified atom stereocenters. The van der Waals surface area contributed by atoms with E-state index in [2.05, 4.69) is 20.8 Å². The van der Waals surface area contributed by atoms with E-state index in [9.17, 15) is 9.59 Å². The van der Waals surface area contributed by atoms with Crippen LogP contribution in [0.4, 0.5) is 5.69 Å². The van der Waals surface area contributed by atoms with Gasteiger partial charge in [-0.25, -0.2) is 0 Å². The van der Waals surface area contributed by atoms with Gasteiger partial charge in [-0.3, -0.25) is 9.59 Å². The molecule has 2 N–H and O–H groups in total. The maximum absolute atomic E-state index is 12.2. The lowest BCUT2D eigenvalue weighted by Crippen LogP contribution is -2.42. The molecule has 1 saturated heterocycles. The maximum atomic E-state index is 12.2. The van der Waals surface area contributed by atoms with Crippen LogP contribution in [-0.4, -0.2) is 28.1 Å². The highest BCUT2D eigenvalue weighted by Crippen LogP contribution is 2.22. The average molecular weight is 316 g/mol. The van der Waals surface area contributed by atoms with Crippen molar-refractivity contribution in [3.63, 3.8) is 0 Å². The van der Waals surface area contributed by atoms with Crippen molar-refractivity contribution in [1.82, 2.24) is 15.5 Å². The molecule has 114 valence electrons. The molecule has 3 rings (SSSR count). The molecule has 1 aliphatic rings. The molecule has 2 heterocycles. The number of hydrogen-bond acceptors (Lipinski definition) is 5. The molecule has 22 heavy (non-hydrogen) atoms. The molecule has 0 spiro atoms. The first-order valence-corrected chi connectivity index (χ1v) is 8.07. The van der Waals surface area contributed by atoms with Crippen LogP contribution in [-0.2, 0) is 9.59 Å². The Bertz CT molecular complexity index is 655. The van der Waals surface area contributed by atoms with Crippen molar-refractivity contribution < 1.29 is 9.59 Å². The second kappa shape index (κ2) is 6.65. The van der Waals surface area contributed by atoms with Crippen LogP contribution in [0.3, 0.4) is 0 Å². The average Bonchev–Trinajstić information content (AvgIpc) is 2.97. The molecule has 7 heteroatoms. The van der Waals surface area contributed by atoms with Crippen molar-refractivity contribution in [1.29, 1.82) is 0 Å². The summed E-state index contributed by atoms with van der Waals surface area (Å²) in [6, 6.07) is 6.99. The summed E-state index contributed by atoms with van der Waals surface area (Å²) in [6.07, 6.45) is 2.90. The summed E-state index contributed by atoms with van der Waals surface area (Å²) in [6.45, 7) is 0. The van der Waals surface area contributed by atoms with E-state index in [0.717, 1.165) is 23.4 Å². The first kappa shape index (κ1) is 14.6. The highest BCUT2D eigenvalue weighted by molar-refractivity contribution is 7.12. The molecule has 0 aliphatic carbocycles. The predicted molar refractivity (Wildman–Crippen MR) is 84.4 cm³/mol. The van der Waals surface area contributed by atoms with Gasteiger partial charge in [0.1, 0.15) is 16.6 Å². The molecule has 1 aliphatic heterocycles. The fraction of sp³-hybridized carbons (Fsp3) is 0.333. The molecule has 1 atom stereocenters. The molecule has 6 nitrogen and oxygen atoms in total. The molecule has 1 fully saturated rings. The topological polar surface area (TPSA) is 84.0 Å². The van der Waals surface area contributed by atoms with Crippen LogP contribution in [0.15, 0.2) is 29.8 Å². The van der Waals surface area contributed by atoms with E-state index in [1.165, 1.54) is 11.3 Å². The van der Waals surface area contributed by atoms with Gasteiger partial charge in [-0.15, -0.1) is 10.2 Å². The molecule has 0 saturated carbocycles. The van der Waals surface area contributed by atoms with Crippen molar-refractivity contribution in [3.05, 3.63) is 29.8 Å². The Kier molecular flexibility index (Phi) is 4.43. The first-order chi connectivity index (χ1) is 10.7. The molecule has 1 aromatic heterocycles. The standard InChI is InChI=1S/C15H16N4O2S/c20-13-4-2-1-3-12(18-13)14(21)17-11-7-5-10(6-8-11)15-19-16-9-22-15/h5-9,12H,1-4H2,(H,17,21)(H,18,20)/t12-/m1/s1. The summed E-state index contributed by atoms with van der Waals surface area (Å²) < 4.78 is 0. The lowest BCUT2D eigenvalue weighted by Gasteiger charge is -2.15. The van der Waals surface area contributed by atoms with Crippen LogP contribution in [0.5, 0.6) is 0 Å². The number of amides is 2. The lowest BCUT2D eigenvalue weighted by atomic mass is 10.1. The fourth-order valence-electron chi connectivity index (χ4n) is 2.39. The van der Waals surface area contributed by atoms with Gasteiger partial charge >= 0.3 is 0 Å². The van der Waals surface area contributed by atoms with Gasteiger partial charge < -0.3 is 10.6 Å². The predicted octanol–water partition coefficient (Wildman–Crippen LogP) is 2.20. The second-order valence-corrected chi connectivity index (χ2v) is 6.01. The number of hydrogen-bond donors (Lipinski definition) is 2. The van der Waals surface area contributed by atoms with Crippen LogP contribution >= 0.6 is 11.3 Å². The number of nitrogens with zero attached hydrogens (tertiary/aromatic N) is 2. The van der Waals surface area contributed by atoms with E-state index in [4.69, 9.17) is 0 Å². The quantitative estimate of drug-likeness (QED) is 0.909. The van der Waals surface area contributed by atoms with Crippen molar-refractivity contribution in [2.24, 2.45) is 0 Å². The van der Waals surface area contributed by atoms with E-state index >= 15 is 0 Å². The van der Waals surface area contributed by atoms with E-state index in [1.54, 1.807) is 5.51 Å². The van der Waals surface area contributed by atoms with Crippen molar-refractivity contribution in [2.75, 3.05) is 5.32 Å². The highest BCUT2D eigenvalue weighted by Gasteiger charge is 2.23. The van der Waals surface area contributed by atoms with E-state index < -0.39 is 6.04 Å². The summed E-state index contributed by atoms with van der Waals surface area (Å²) in [5.74, 6) is -0.219. The van der Waals surface area contributed by atoms with Crippen LogP contribution < -0.4 is 10.6 Å². The zero-order valence-corrected chi connectivity index (χ0v) is 12.7. The maximum Gasteiger partial charge on any atom is 0.246 e. The minimum atomic E-state index is -0.446. The Morgan fingerprint density at radius 3 is 2.82 bits per heavy atom. The lowest BCUT2D eigenvalue weighted by molar-refractivity contribution is -0.125. The monoisotopic (exact) mass is 316 g/mol. The van der Waals surface area contributed by atoms with Crippen molar-refractivity contribution in [2.45, 2.75) is 31.7 Å². The number of carbonyl (C=O) groups excluding carboxylic acids is 2. The summed E-state index contributed by atoms with van der Waals surface area (Å²) in [7, 11) is 0. The number of carbonyl (C=O) groups is 2. The Balaban J connectivity index is 1.65. The Morgan fingerprint density at radius 2 is 2.09 bits per heavy atom. The van der Waals surface area contributed by atoms with Gasteiger partial charge in [-0.05, 0) is 37.1 Å². The van der Waals surface area contributed by atoms with Gasteiger partial charge in [0.2, 0.25) is 11.8 Å². The fourth-order valence-corrected chi connectivity index (χ4v) is 2.95. The minimum absolute atomic E-state index is 0.0516. The van der Waals surface area contributed by atoms with Gasteiger partial charge in [0.05, 0.1) is 0 Å². The van der Waals surface area contributed by atoms with Crippen LogP contribution in [0.2, 0.25) is 0 Å². The van der Waals surface area contributed by atoms with Gasteiger partial charge in [0.25, 0.3) is 0 Å². The van der Waals surface area contributed by atoms with Crippen LogP contribution in [0.1, 0.15) is 25.7 Å². The highest BCUT2D eigenvalue weighted by atomic mass is 32.1. The minimum Gasteiger partial charge on any atom is -0.344 e. The van der Waals surface area contributed by atoms with Gasteiger partial charge in [0.15, 0.2) is 0 Å². The molecular formula is C15H16N4O2S. The Hall–Kier alpha value is -2.28. The summed E-state index contributed by atoms with van der Waals surface area (Å²) in [5, 5.41) is 14.3. The zero-order valence-electron chi connectivity index (χ0n) is 11.9. The van der Waals surface area contributed by atoms with E-state index in [-0.39, 0.29) is 11.8 Å². The molecular weight excluding hydrogens is 300 g/mol. The normalized spacial score (nSPS) is 18.4. The molecule has 2 amide bonds. The number of aromatic nitrogens is 2. The molecule has 2 aromatic rings. The SMILES string of the molecule is O=C1CCCC[C@H](C(=O)Nc2ccc(-c3nncs3)cc2)N1. The summed E-state index contributed by atoms with van der Waals surface area (Å²) in [4.78, 5) is 23.8. The van der Waals surface area contributed by atoms with E-state index in [1.807, 2.05) is 24.3 Å². The second-order valence-electron chi connectivity index (χ2n) is 5.18. The van der Waals surface area contributed by atoms with Gasteiger partial charge in [-0.2, -0.15) is 0 Å². The smallest absolute Gasteiger partial charge is 0.246 e.